The second-order valence-corrected chi connectivity index (χ2v) is 4.72. The molecule has 1 aromatic rings. The molecule has 0 aromatic carbocycles. The van der Waals surface area contributed by atoms with Gasteiger partial charge in [0.15, 0.2) is 5.78 Å². The third kappa shape index (κ3) is 2.75. The van der Waals surface area contributed by atoms with Gasteiger partial charge in [-0.3, -0.25) is 9.59 Å². The molecule has 1 heterocycles. The van der Waals surface area contributed by atoms with Crippen LogP contribution in [0.25, 0.3) is 0 Å². The van der Waals surface area contributed by atoms with Gasteiger partial charge in [-0.25, -0.2) is 0 Å². The maximum atomic E-state index is 11.8. The van der Waals surface area contributed by atoms with Crippen LogP contribution in [0.5, 0.6) is 0 Å². The molecule has 4 heteroatoms. The Hall–Kier alpha value is -1.58. The summed E-state index contributed by atoms with van der Waals surface area (Å²) in [6, 6.07) is 1.80. The first-order valence-corrected chi connectivity index (χ1v) is 6.15. The molecule has 17 heavy (non-hydrogen) atoms. The molecule has 2 rings (SSSR count). The van der Waals surface area contributed by atoms with E-state index in [1.165, 1.54) is 0 Å². The molecule has 0 radical (unpaired) electrons. The number of aromatic nitrogens is 1. The number of aromatic amines is 1. The lowest BCUT2D eigenvalue weighted by Crippen LogP contribution is -2.32. The van der Waals surface area contributed by atoms with E-state index in [9.17, 15) is 9.59 Å². The molecule has 1 atom stereocenters. The van der Waals surface area contributed by atoms with Crippen LogP contribution >= 0.6 is 0 Å². The molecule has 1 aliphatic rings. The van der Waals surface area contributed by atoms with Crippen molar-refractivity contribution in [3.8, 4) is 0 Å². The van der Waals surface area contributed by atoms with Gasteiger partial charge in [0, 0.05) is 23.7 Å². The molecule has 92 valence electrons. The molecular weight excluding hydrogens is 216 g/mol. The van der Waals surface area contributed by atoms with E-state index in [4.69, 9.17) is 0 Å². The molecule has 0 bridgehead atoms. The van der Waals surface area contributed by atoms with Gasteiger partial charge >= 0.3 is 0 Å². The fourth-order valence-corrected chi connectivity index (χ4v) is 1.65. The summed E-state index contributed by atoms with van der Waals surface area (Å²) in [7, 11) is 0. The van der Waals surface area contributed by atoms with Crippen molar-refractivity contribution < 1.29 is 9.59 Å². The quantitative estimate of drug-likeness (QED) is 0.767. The molecule has 1 aliphatic carbocycles. The SMILES string of the molecule is CC[C@H](C)NC(=O)c1cc(C(=O)C2CC2)c[nH]1. The zero-order valence-corrected chi connectivity index (χ0v) is 10.2. The molecule has 1 aromatic heterocycles. The van der Waals surface area contributed by atoms with Crippen molar-refractivity contribution in [2.75, 3.05) is 0 Å². The Morgan fingerprint density at radius 1 is 1.53 bits per heavy atom. The van der Waals surface area contributed by atoms with Crippen LogP contribution in [0, 0.1) is 5.92 Å². The lowest BCUT2D eigenvalue weighted by atomic mass is 10.1. The van der Waals surface area contributed by atoms with E-state index in [-0.39, 0.29) is 23.7 Å². The highest BCUT2D eigenvalue weighted by Gasteiger charge is 2.31. The van der Waals surface area contributed by atoms with E-state index in [1.807, 2.05) is 13.8 Å². The van der Waals surface area contributed by atoms with E-state index >= 15 is 0 Å². The average Bonchev–Trinajstić information content (AvgIpc) is 3.04. The number of carbonyl (C=O) groups is 2. The van der Waals surface area contributed by atoms with Crippen LogP contribution in [0.15, 0.2) is 12.3 Å². The van der Waals surface area contributed by atoms with E-state index in [1.54, 1.807) is 12.3 Å². The standard InChI is InChI=1S/C13H18N2O2/c1-3-8(2)15-13(17)11-6-10(7-14-11)12(16)9-4-5-9/h6-9,14H,3-5H2,1-2H3,(H,15,17)/t8-/m0/s1. The van der Waals surface area contributed by atoms with Crippen LogP contribution in [-0.2, 0) is 0 Å². The molecular formula is C13H18N2O2. The van der Waals surface area contributed by atoms with Crippen molar-refractivity contribution in [3.63, 3.8) is 0 Å². The summed E-state index contributed by atoms with van der Waals surface area (Å²) in [5, 5.41) is 2.86. The predicted molar refractivity (Wildman–Crippen MR) is 65.1 cm³/mol. The number of H-pyrrole nitrogens is 1. The van der Waals surface area contributed by atoms with Gasteiger partial charge in [0.2, 0.25) is 0 Å². The van der Waals surface area contributed by atoms with Crippen LogP contribution < -0.4 is 5.32 Å². The molecule has 2 N–H and O–H groups in total. The van der Waals surface area contributed by atoms with Gasteiger partial charge in [-0.15, -0.1) is 0 Å². The fraction of sp³-hybridized carbons (Fsp3) is 0.538. The number of hydrogen-bond acceptors (Lipinski definition) is 2. The lowest BCUT2D eigenvalue weighted by Gasteiger charge is -2.09. The smallest absolute Gasteiger partial charge is 0.267 e. The Kier molecular flexibility index (Phi) is 3.31. The first-order chi connectivity index (χ1) is 8.11. The number of carbonyl (C=O) groups excluding carboxylic acids is 2. The van der Waals surface area contributed by atoms with Gasteiger partial charge in [-0.05, 0) is 32.3 Å². The number of nitrogens with one attached hydrogen (secondary N) is 2. The maximum Gasteiger partial charge on any atom is 0.267 e. The maximum absolute atomic E-state index is 11.8. The highest BCUT2D eigenvalue weighted by Crippen LogP contribution is 2.32. The zero-order valence-electron chi connectivity index (χ0n) is 10.2. The van der Waals surface area contributed by atoms with Crippen LogP contribution in [0.4, 0.5) is 0 Å². The molecule has 1 saturated carbocycles. The number of amides is 1. The number of rotatable bonds is 5. The third-order valence-electron chi connectivity index (χ3n) is 3.15. The van der Waals surface area contributed by atoms with E-state index in [0.29, 0.717) is 11.3 Å². The van der Waals surface area contributed by atoms with Crippen molar-refractivity contribution in [2.24, 2.45) is 5.92 Å². The second kappa shape index (κ2) is 4.73. The number of ketones is 1. The lowest BCUT2D eigenvalue weighted by molar-refractivity contribution is 0.0934. The molecule has 0 unspecified atom stereocenters. The Labute approximate surface area is 101 Å². The Balaban J connectivity index is 2.02. The van der Waals surface area contributed by atoms with Crippen molar-refractivity contribution >= 4 is 11.7 Å². The largest absolute Gasteiger partial charge is 0.356 e. The van der Waals surface area contributed by atoms with Gasteiger partial charge in [0.1, 0.15) is 5.69 Å². The highest BCUT2D eigenvalue weighted by molar-refractivity contribution is 6.02. The highest BCUT2D eigenvalue weighted by atomic mass is 16.2. The number of Topliss-reactive ketones (excluding diaryl/α,β-unsaturated/α-hetero) is 1. The molecule has 0 spiro atoms. The minimum atomic E-state index is -0.144. The van der Waals surface area contributed by atoms with Crippen LogP contribution in [0.1, 0.15) is 54.0 Å². The summed E-state index contributed by atoms with van der Waals surface area (Å²) in [5.41, 5.74) is 1.09. The molecule has 1 fully saturated rings. The van der Waals surface area contributed by atoms with E-state index in [2.05, 4.69) is 10.3 Å². The number of hydrogen-bond donors (Lipinski definition) is 2. The van der Waals surface area contributed by atoms with E-state index < -0.39 is 0 Å². The summed E-state index contributed by atoms with van der Waals surface area (Å²) >= 11 is 0. The van der Waals surface area contributed by atoms with Crippen molar-refractivity contribution in [1.29, 1.82) is 0 Å². The first kappa shape index (κ1) is 11.9. The molecule has 4 nitrogen and oxygen atoms in total. The topological polar surface area (TPSA) is 62.0 Å². The van der Waals surface area contributed by atoms with Gasteiger partial charge in [-0.1, -0.05) is 6.92 Å². The second-order valence-electron chi connectivity index (χ2n) is 4.72. The van der Waals surface area contributed by atoms with Crippen LogP contribution in [0.2, 0.25) is 0 Å². The van der Waals surface area contributed by atoms with Crippen molar-refractivity contribution in [2.45, 2.75) is 39.2 Å². The van der Waals surface area contributed by atoms with Crippen LogP contribution in [-0.4, -0.2) is 22.7 Å². The fourth-order valence-electron chi connectivity index (χ4n) is 1.65. The van der Waals surface area contributed by atoms with Gasteiger partial charge in [-0.2, -0.15) is 0 Å². The Morgan fingerprint density at radius 2 is 2.24 bits per heavy atom. The Bertz CT molecular complexity index is 432. The van der Waals surface area contributed by atoms with E-state index in [0.717, 1.165) is 19.3 Å². The van der Waals surface area contributed by atoms with Crippen molar-refractivity contribution in [3.05, 3.63) is 23.5 Å². The van der Waals surface area contributed by atoms with Crippen LogP contribution in [0.3, 0.4) is 0 Å². The minimum Gasteiger partial charge on any atom is -0.356 e. The monoisotopic (exact) mass is 234 g/mol. The van der Waals surface area contributed by atoms with Crippen molar-refractivity contribution in [1.82, 2.24) is 10.3 Å². The molecule has 1 amide bonds. The molecule has 0 aliphatic heterocycles. The van der Waals surface area contributed by atoms with Gasteiger partial charge < -0.3 is 10.3 Å². The molecule has 0 saturated heterocycles. The summed E-state index contributed by atoms with van der Waals surface area (Å²) < 4.78 is 0. The first-order valence-electron chi connectivity index (χ1n) is 6.15. The summed E-state index contributed by atoms with van der Waals surface area (Å²) in [6.45, 7) is 3.97. The third-order valence-corrected chi connectivity index (χ3v) is 3.15. The summed E-state index contributed by atoms with van der Waals surface area (Å²) in [4.78, 5) is 26.4. The summed E-state index contributed by atoms with van der Waals surface area (Å²) in [6.07, 6.45) is 4.49. The predicted octanol–water partition coefficient (Wildman–Crippen LogP) is 2.14. The van der Waals surface area contributed by atoms with Gasteiger partial charge in [0.25, 0.3) is 5.91 Å². The normalized spacial score (nSPS) is 16.6. The zero-order chi connectivity index (χ0) is 12.4. The summed E-state index contributed by atoms with van der Waals surface area (Å²) in [5.74, 6) is 0.203. The van der Waals surface area contributed by atoms with Gasteiger partial charge in [0.05, 0.1) is 0 Å². The Morgan fingerprint density at radius 3 is 2.82 bits per heavy atom. The average molecular weight is 234 g/mol. The minimum absolute atomic E-state index is 0.144.